The van der Waals surface area contributed by atoms with Gasteiger partial charge in [0, 0.05) is 56.7 Å². The summed E-state index contributed by atoms with van der Waals surface area (Å²) in [5.74, 6) is 0.972. The van der Waals surface area contributed by atoms with E-state index in [0.29, 0.717) is 10.8 Å². The number of piperidine rings is 1. The topological polar surface area (TPSA) is 48.9 Å². The van der Waals surface area contributed by atoms with Crippen molar-refractivity contribution in [1.82, 2.24) is 15.5 Å². The Morgan fingerprint density at radius 3 is 2.44 bits per heavy atom. The minimum Gasteiger partial charge on any atom is -0.381 e. The third-order valence-corrected chi connectivity index (χ3v) is 7.77. The van der Waals surface area contributed by atoms with Crippen molar-refractivity contribution in [3.05, 3.63) is 0 Å². The summed E-state index contributed by atoms with van der Waals surface area (Å²) in [6, 6.07) is 1.43. The van der Waals surface area contributed by atoms with Crippen LogP contribution in [0.25, 0.3) is 0 Å². The van der Waals surface area contributed by atoms with E-state index in [1.165, 1.54) is 51.6 Å². The van der Waals surface area contributed by atoms with Crippen molar-refractivity contribution in [1.29, 1.82) is 0 Å². The molecule has 0 amide bonds. The summed E-state index contributed by atoms with van der Waals surface area (Å²) in [5.41, 5.74) is 0. The van der Waals surface area contributed by atoms with Crippen LogP contribution in [-0.4, -0.2) is 73.8 Å². The van der Waals surface area contributed by atoms with Gasteiger partial charge in [0.15, 0.2) is 5.96 Å². The Morgan fingerprint density at radius 1 is 1.16 bits per heavy atom. The van der Waals surface area contributed by atoms with Crippen molar-refractivity contribution in [2.24, 2.45) is 4.99 Å². The molecule has 5 nitrogen and oxygen atoms in total. The van der Waals surface area contributed by atoms with Crippen molar-refractivity contribution in [3.63, 3.8) is 0 Å². The Balaban J connectivity index is 1.42. The van der Waals surface area contributed by atoms with Gasteiger partial charge >= 0.3 is 0 Å². The highest BCUT2D eigenvalue weighted by Gasteiger charge is 2.32. The highest BCUT2D eigenvalue weighted by atomic mass is 32.2. The van der Waals surface area contributed by atoms with E-state index in [1.54, 1.807) is 0 Å². The maximum absolute atomic E-state index is 5.54. The molecule has 0 unspecified atom stereocenters. The minimum atomic E-state index is 0.293. The van der Waals surface area contributed by atoms with Crippen LogP contribution >= 0.6 is 11.8 Å². The second kappa shape index (κ2) is 9.47. The Labute approximate surface area is 157 Å². The van der Waals surface area contributed by atoms with Crippen LogP contribution in [0.3, 0.4) is 0 Å². The smallest absolute Gasteiger partial charge is 0.191 e. The van der Waals surface area contributed by atoms with E-state index in [2.05, 4.69) is 26.8 Å². The zero-order chi connectivity index (χ0) is 17.5. The third kappa shape index (κ3) is 5.27. The predicted octanol–water partition coefficient (Wildman–Crippen LogP) is 2.47. The number of rotatable bonds is 5. The summed E-state index contributed by atoms with van der Waals surface area (Å²) in [6.45, 7) is 5.22. The maximum Gasteiger partial charge on any atom is 0.191 e. The molecule has 0 atom stereocenters. The number of guanidine groups is 1. The van der Waals surface area contributed by atoms with Crippen molar-refractivity contribution in [2.45, 2.75) is 68.2 Å². The fraction of sp³-hybridized carbons (Fsp3) is 0.947. The van der Waals surface area contributed by atoms with Gasteiger partial charge in [-0.1, -0.05) is 12.8 Å². The molecule has 3 rings (SSSR count). The summed E-state index contributed by atoms with van der Waals surface area (Å²) in [7, 11) is 1.89. The summed E-state index contributed by atoms with van der Waals surface area (Å²) in [6.07, 6.45) is 12.6. The first kappa shape index (κ1) is 19.3. The monoisotopic (exact) mass is 368 g/mol. The fourth-order valence-electron chi connectivity index (χ4n) is 4.51. The average molecular weight is 369 g/mol. The van der Waals surface area contributed by atoms with E-state index in [1.807, 2.05) is 18.8 Å². The molecule has 0 aromatic rings. The normalized spacial score (nSPS) is 26.7. The first-order chi connectivity index (χ1) is 12.2. The largest absolute Gasteiger partial charge is 0.381 e. The Kier molecular flexibility index (Phi) is 7.31. The first-order valence-electron chi connectivity index (χ1n) is 10.1. The summed E-state index contributed by atoms with van der Waals surface area (Å²) in [4.78, 5) is 7.20. The molecule has 2 N–H and O–H groups in total. The van der Waals surface area contributed by atoms with Crippen LogP contribution < -0.4 is 10.6 Å². The van der Waals surface area contributed by atoms with Gasteiger partial charge < -0.3 is 20.3 Å². The van der Waals surface area contributed by atoms with E-state index in [-0.39, 0.29) is 0 Å². The van der Waals surface area contributed by atoms with E-state index in [4.69, 9.17) is 4.74 Å². The zero-order valence-electron chi connectivity index (χ0n) is 16.1. The number of nitrogens with zero attached hydrogens (tertiary/aromatic N) is 2. The maximum atomic E-state index is 5.54. The second-order valence-electron chi connectivity index (χ2n) is 7.82. The van der Waals surface area contributed by atoms with Gasteiger partial charge in [0.05, 0.1) is 0 Å². The van der Waals surface area contributed by atoms with Gasteiger partial charge in [-0.05, 0) is 44.8 Å². The number of hydrogen-bond donors (Lipinski definition) is 2. The van der Waals surface area contributed by atoms with Crippen molar-refractivity contribution in [3.8, 4) is 0 Å². The molecule has 0 radical (unpaired) electrons. The van der Waals surface area contributed by atoms with Crippen molar-refractivity contribution >= 4 is 17.7 Å². The molecule has 6 heteroatoms. The van der Waals surface area contributed by atoms with E-state index < -0.39 is 0 Å². The van der Waals surface area contributed by atoms with Crippen LogP contribution in [-0.2, 0) is 4.74 Å². The van der Waals surface area contributed by atoms with Gasteiger partial charge in [0.1, 0.15) is 0 Å². The predicted molar refractivity (Wildman–Crippen MR) is 108 cm³/mol. The Hall–Kier alpha value is -0.460. The number of aliphatic imine (C=N–C) groups is 1. The lowest BCUT2D eigenvalue weighted by Gasteiger charge is -2.38. The lowest BCUT2D eigenvalue weighted by Crippen LogP contribution is -2.53. The van der Waals surface area contributed by atoms with Gasteiger partial charge in [0.2, 0.25) is 0 Å². The van der Waals surface area contributed by atoms with Gasteiger partial charge in [-0.2, -0.15) is 11.8 Å². The van der Waals surface area contributed by atoms with Gasteiger partial charge in [0.25, 0.3) is 0 Å². The lowest BCUT2D eigenvalue weighted by molar-refractivity contribution is 0.0782. The lowest BCUT2D eigenvalue weighted by atomic mass is 9.99. The molecule has 25 heavy (non-hydrogen) atoms. The average Bonchev–Trinajstić information content (AvgIpc) is 3.21. The van der Waals surface area contributed by atoms with Gasteiger partial charge in [-0.15, -0.1) is 0 Å². The van der Waals surface area contributed by atoms with E-state index in [0.717, 1.165) is 44.6 Å². The molecule has 1 aliphatic carbocycles. The number of ether oxygens (including phenoxy) is 1. The molecule has 0 aromatic heterocycles. The van der Waals surface area contributed by atoms with E-state index >= 15 is 0 Å². The molecule has 144 valence electrons. The van der Waals surface area contributed by atoms with E-state index in [9.17, 15) is 0 Å². The van der Waals surface area contributed by atoms with Crippen LogP contribution in [0.5, 0.6) is 0 Å². The van der Waals surface area contributed by atoms with Crippen LogP contribution in [0, 0.1) is 0 Å². The molecule has 2 saturated heterocycles. The molecular weight excluding hydrogens is 332 g/mol. The van der Waals surface area contributed by atoms with Crippen LogP contribution in [0.1, 0.15) is 51.4 Å². The first-order valence-corrected chi connectivity index (χ1v) is 11.3. The highest BCUT2D eigenvalue weighted by molar-refractivity contribution is 8.00. The fourth-order valence-corrected chi connectivity index (χ4v) is 5.30. The van der Waals surface area contributed by atoms with Crippen LogP contribution in [0.2, 0.25) is 0 Å². The Morgan fingerprint density at radius 2 is 1.84 bits per heavy atom. The molecule has 3 fully saturated rings. The summed E-state index contributed by atoms with van der Waals surface area (Å²) < 4.78 is 5.84. The number of likely N-dealkylation sites (tertiary alicyclic amines) is 1. The molecule has 0 aromatic carbocycles. The van der Waals surface area contributed by atoms with Crippen molar-refractivity contribution < 1.29 is 4.74 Å². The summed E-state index contributed by atoms with van der Waals surface area (Å²) in [5, 5.41) is 7.26. The summed E-state index contributed by atoms with van der Waals surface area (Å²) >= 11 is 1.97. The Bertz CT molecular complexity index is 425. The molecule has 0 bridgehead atoms. The quantitative estimate of drug-likeness (QED) is 0.577. The second-order valence-corrected chi connectivity index (χ2v) is 9.09. The van der Waals surface area contributed by atoms with Gasteiger partial charge in [-0.3, -0.25) is 4.99 Å². The highest BCUT2D eigenvalue weighted by Crippen LogP contribution is 2.33. The molecular formula is C19H36N4OS. The number of hydrogen-bond acceptors (Lipinski definition) is 4. The standard InChI is InChI=1S/C19H36N4OS/c1-20-18(21-15-19(25-2)9-13-24-14-10-19)22-16-7-11-23(12-8-16)17-5-3-4-6-17/h16-17H,3-15H2,1-2H3,(H2,20,21,22). The van der Waals surface area contributed by atoms with Crippen molar-refractivity contribution in [2.75, 3.05) is 46.2 Å². The SMILES string of the molecule is CN=C(NCC1(SC)CCOCC1)NC1CCN(C2CCCC2)CC1. The minimum absolute atomic E-state index is 0.293. The number of nitrogens with one attached hydrogen (secondary N) is 2. The van der Waals surface area contributed by atoms with Crippen LogP contribution in [0.15, 0.2) is 4.99 Å². The number of thioether (sulfide) groups is 1. The van der Waals surface area contributed by atoms with Gasteiger partial charge in [-0.25, -0.2) is 0 Å². The molecule has 1 saturated carbocycles. The zero-order valence-corrected chi connectivity index (χ0v) is 16.9. The molecule has 0 spiro atoms. The van der Waals surface area contributed by atoms with Crippen LogP contribution in [0.4, 0.5) is 0 Å². The molecule has 3 aliphatic rings. The molecule has 2 heterocycles. The third-order valence-electron chi connectivity index (χ3n) is 6.35. The molecule has 2 aliphatic heterocycles.